The molecule has 0 fully saturated rings. The van der Waals surface area contributed by atoms with Crippen molar-refractivity contribution in [2.45, 2.75) is 25.3 Å². The van der Waals surface area contributed by atoms with Gasteiger partial charge in [0, 0.05) is 18.3 Å². The number of rotatable bonds is 9. The molecule has 238 valence electrons. The molecule has 3 aromatic carbocycles. The van der Waals surface area contributed by atoms with Crippen LogP contribution in [0.5, 0.6) is 0 Å². The van der Waals surface area contributed by atoms with Gasteiger partial charge in [0.2, 0.25) is 0 Å². The van der Waals surface area contributed by atoms with Gasteiger partial charge in [0.05, 0.1) is 41.3 Å². The van der Waals surface area contributed by atoms with Crippen molar-refractivity contribution < 1.29 is 35.5 Å². The van der Waals surface area contributed by atoms with E-state index in [0.29, 0.717) is 34.3 Å². The molecule has 46 heavy (non-hydrogen) atoms. The molecule has 16 heteroatoms. The van der Waals surface area contributed by atoms with Gasteiger partial charge in [-0.2, -0.15) is 26.3 Å². The number of H-pyrrole nitrogens is 1. The fourth-order valence-electron chi connectivity index (χ4n) is 4.60. The molecule has 0 radical (unpaired) electrons. The number of nitrogens with zero attached hydrogens (tertiary/aromatic N) is 5. The molecular weight excluding hydrogens is 621 g/mol. The van der Waals surface area contributed by atoms with Crippen molar-refractivity contribution in [3.63, 3.8) is 0 Å². The molecule has 5 aromatic rings. The van der Waals surface area contributed by atoms with E-state index in [9.17, 15) is 35.5 Å². The van der Waals surface area contributed by atoms with Crippen LogP contribution in [-0.2, 0) is 12.7 Å². The predicted octanol–water partition coefficient (Wildman–Crippen LogP) is 7.69. The zero-order valence-electron chi connectivity index (χ0n) is 23.5. The van der Waals surface area contributed by atoms with Crippen LogP contribution in [0.1, 0.15) is 17.7 Å². The number of amides is 2. The standard InChI is InChI=1S/C30H23F7N8O/c31-23-16-19(30(35,36)37)9-10-24(23)39-28(46)40-25-15-18(21-6-1-2-7-22(21)27-41-43-44-42-27)8-11-26(25)45(14-12-29(32,33)34)17-20-5-3-4-13-38-20/h1-11,13,15-16H,12,14,17H2,(H2,39,40,46)(H,41,42,43,44). The van der Waals surface area contributed by atoms with Crippen molar-refractivity contribution in [2.75, 3.05) is 22.1 Å². The molecule has 2 heterocycles. The molecular formula is C30H23F7N8O. The summed E-state index contributed by atoms with van der Waals surface area (Å²) in [4.78, 5) is 18.7. The number of alkyl halides is 6. The molecule has 0 aliphatic carbocycles. The number of urea groups is 1. The number of hydrogen-bond donors (Lipinski definition) is 3. The number of anilines is 3. The van der Waals surface area contributed by atoms with Crippen molar-refractivity contribution in [3.05, 3.63) is 102 Å². The number of tetrazole rings is 1. The van der Waals surface area contributed by atoms with Gasteiger partial charge in [-0.3, -0.25) is 4.98 Å². The van der Waals surface area contributed by atoms with E-state index in [1.54, 1.807) is 48.5 Å². The highest BCUT2D eigenvalue weighted by molar-refractivity contribution is 6.02. The quantitative estimate of drug-likeness (QED) is 0.142. The lowest BCUT2D eigenvalue weighted by Crippen LogP contribution is -2.30. The Morgan fingerprint density at radius 3 is 2.24 bits per heavy atom. The fourth-order valence-corrected chi connectivity index (χ4v) is 4.60. The van der Waals surface area contributed by atoms with Gasteiger partial charge in [0.15, 0.2) is 5.82 Å². The number of aromatic amines is 1. The maximum absolute atomic E-state index is 14.5. The Kier molecular flexibility index (Phi) is 9.16. The maximum atomic E-state index is 14.5. The average molecular weight is 645 g/mol. The monoisotopic (exact) mass is 644 g/mol. The van der Waals surface area contributed by atoms with Gasteiger partial charge < -0.3 is 15.5 Å². The Bertz CT molecular complexity index is 1800. The summed E-state index contributed by atoms with van der Waals surface area (Å²) >= 11 is 0. The van der Waals surface area contributed by atoms with Crippen LogP contribution in [0.2, 0.25) is 0 Å². The van der Waals surface area contributed by atoms with Gasteiger partial charge in [-0.05, 0) is 64.0 Å². The number of benzene rings is 3. The van der Waals surface area contributed by atoms with Crippen LogP contribution in [0.25, 0.3) is 22.5 Å². The molecule has 2 aromatic heterocycles. The number of nitrogens with one attached hydrogen (secondary N) is 3. The van der Waals surface area contributed by atoms with E-state index in [4.69, 9.17) is 0 Å². The second-order valence-corrected chi connectivity index (χ2v) is 9.91. The highest BCUT2D eigenvalue weighted by atomic mass is 19.4. The van der Waals surface area contributed by atoms with Crippen LogP contribution in [-0.4, -0.2) is 44.4 Å². The number of halogens is 7. The number of carbonyl (C=O) groups is 1. The molecule has 0 bridgehead atoms. The maximum Gasteiger partial charge on any atom is 0.416 e. The van der Waals surface area contributed by atoms with E-state index in [1.807, 2.05) is 0 Å². The zero-order chi connectivity index (χ0) is 32.9. The second kappa shape index (κ2) is 13.2. The van der Waals surface area contributed by atoms with Crippen molar-refractivity contribution in [1.82, 2.24) is 25.6 Å². The van der Waals surface area contributed by atoms with E-state index in [1.165, 1.54) is 23.2 Å². The SMILES string of the molecule is O=C(Nc1ccc(C(F)(F)F)cc1F)Nc1cc(-c2ccccc2-c2nnn[nH]2)ccc1N(CCC(F)(F)F)Cc1ccccn1. The number of hydrogen-bond acceptors (Lipinski definition) is 6. The highest BCUT2D eigenvalue weighted by Crippen LogP contribution is 2.37. The summed E-state index contributed by atoms with van der Waals surface area (Å²) in [6.45, 7) is -0.579. The van der Waals surface area contributed by atoms with Gasteiger partial charge >= 0.3 is 18.4 Å². The minimum atomic E-state index is -4.80. The number of carbonyl (C=O) groups excluding carboxylic acids is 1. The van der Waals surface area contributed by atoms with Crippen molar-refractivity contribution in [2.24, 2.45) is 0 Å². The summed E-state index contributed by atoms with van der Waals surface area (Å²) < 4.78 is 93.7. The van der Waals surface area contributed by atoms with Crippen LogP contribution in [0.3, 0.4) is 0 Å². The molecule has 5 rings (SSSR count). The Hall–Kier alpha value is -5.54. The minimum Gasteiger partial charge on any atom is -0.364 e. The first kappa shape index (κ1) is 31.9. The number of pyridine rings is 1. The Morgan fingerprint density at radius 2 is 1.59 bits per heavy atom. The molecule has 0 spiro atoms. The second-order valence-electron chi connectivity index (χ2n) is 9.91. The first-order valence-corrected chi connectivity index (χ1v) is 13.5. The molecule has 0 atom stereocenters. The van der Waals surface area contributed by atoms with Crippen LogP contribution in [0, 0.1) is 5.82 Å². The Balaban J connectivity index is 1.54. The fraction of sp³-hybridized carbons (Fsp3) is 0.167. The smallest absolute Gasteiger partial charge is 0.364 e. The van der Waals surface area contributed by atoms with Gasteiger partial charge in [-0.15, -0.1) is 5.10 Å². The summed E-state index contributed by atoms with van der Waals surface area (Å²) in [7, 11) is 0. The summed E-state index contributed by atoms with van der Waals surface area (Å²) in [5, 5.41) is 18.5. The minimum absolute atomic E-state index is 0.0194. The third-order valence-corrected chi connectivity index (χ3v) is 6.71. The lowest BCUT2D eigenvalue weighted by atomic mass is 9.98. The summed E-state index contributed by atoms with van der Waals surface area (Å²) in [6, 6.07) is 17.1. The Morgan fingerprint density at radius 1 is 0.848 bits per heavy atom. The lowest BCUT2D eigenvalue weighted by molar-refractivity contribution is -0.137. The number of aromatic nitrogens is 5. The van der Waals surface area contributed by atoms with Crippen LogP contribution >= 0.6 is 0 Å². The molecule has 0 aliphatic heterocycles. The molecule has 0 saturated carbocycles. The van der Waals surface area contributed by atoms with Gasteiger partial charge in [-0.1, -0.05) is 36.4 Å². The van der Waals surface area contributed by atoms with Crippen LogP contribution < -0.4 is 15.5 Å². The average Bonchev–Trinajstić information content (AvgIpc) is 3.55. The first-order chi connectivity index (χ1) is 21.9. The van der Waals surface area contributed by atoms with Crippen molar-refractivity contribution in [3.8, 4) is 22.5 Å². The molecule has 0 saturated heterocycles. The zero-order valence-corrected chi connectivity index (χ0v) is 23.5. The lowest BCUT2D eigenvalue weighted by Gasteiger charge is -2.28. The van der Waals surface area contributed by atoms with E-state index in [-0.39, 0.29) is 24.0 Å². The summed E-state index contributed by atoms with van der Waals surface area (Å²) in [5.41, 5.74) is 0.502. The summed E-state index contributed by atoms with van der Waals surface area (Å²) in [6.07, 6.45) is -9.01. The van der Waals surface area contributed by atoms with Crippen LogP contribution in [0.15, 0.2) is 85.1 Å². The van der Waals surface area contributed by atoms with Gasteiger partial charge in [0.1, 0.15) is 5.82 Å². The van der Waals surface area contributed by atoms with Crippen molar-refractivity contribution >= 4 is 23.1 Å². The normalized spacial score (nSPS) is 11.7. The third kappa shape index (κ3) is 7.94. The van der Waals surface area contributed by atoms with Gasteiger partial charge in [-0.25, -0.2) is 14.3 Å². The van der Waals surface area contributed by atoms with E-state index >= 15 is 0 Å². The topological polar surface area (TPSA) is 112 Å². The van der Waals surface area contributed by atoms with Crippen LogP contribution in [0.4, 0.5) is 52.6 Å². The van der Waals surface area contributed by atoms with E-state index in [2.05, 4.69) is 36.2 Å². The third-order valence-electron chi connectivity index (χ3n) is 6.71. The van der Waals surface area contributed by atoms with E-state index in [0.717, 1.165) is 6.07 Å². The predicted molar refractivity (Wildman–Crippen MR) is 155 cm³/mol. The molecule has 0 aliphatic rings. The molecule has 3 N–H and O–H groups in total. The van der Waals surface area contributed by atoms with Crippen molar-refractivity contribution in [1.29, 1.82) is 0 Å². The highest BCUT2D eigenvalue weighted by Gasteiger charge is 2.32. The largest absolute Gasteiger partial charge is 0.416 e. The molecule has 2 amide bonds. The van der Waals surface area contributed by atoms with Gasteiger partial charge in [0.25, 0.3) is 0 Å². The Labute approximate surface area is 256 Å². The van der Waals surface area contributed by atoms with E-state index < -0.39 is 48.4 Å². The molecule has 0 unspecified atom stereocenters. The summed E-state index contributed by atoms with van der Waals surface area (Å²) in [5.74, 6) is -1.01. The molecule has 9 nitrogen and oxygen atoms in total. The first-order valence-electron chi connectivity index (χ1n) is 13.5.